The molecule has 2 N–H and O–H groups in total. The molecule has 1 heterocycles. The highest BCUT2D eigenvalue weighted by atomic mass is 32.2. The molecule has 10 heteroatoms. The second-order valence-corrected chi connectivity index (χ2v) is 15.8. The molecule has 0 atom stereocenters. The first-order chi connectivity index (χ1) is 17.0. The number of hydrogen-bond donors (Lipinski definition) is 2. The van der Waals surface area contributed by atoms with E-state index in [1.165, 1.54) is 43.4 Å². The van der Waals surface area contributed by atoms with Gasteiger partial charge < -0.3 is 10.0 Å². The van der Waals surface area contributed by atoms with Crippen molar-refractivity contribution in [3.63, 3.8) is 0 Å². The number of phenols is 1. The molecule has 0 bridgehead atoms. The summed E-state index contributed by atoms with van der Waals surface area (Å²) >= 11 is 0. The quantitative estimate of drug-likeness (QED) is 0.595. The molecule has 2 fully saturated rings. The molecule has 0 radical (unpaired) electrons. The maximum absolute atomic E-state index is 13.8. The Labute approximate surface area is 219 Å². The Hall–Kier alpha value is -2.43. The van der Waals surface area contributed by atoms with Crippen LogP contribution < -0.4 is 9.62 Å². The minimum atomic E-state index is -4.08. The van der Waals surface area contributed by atoms with Crippen LogP contribution in [0, 0.1) is 5.41 Å². The van der Waals surface area contributed by atoms with Gasteiger partial charge in [-0.25, -0.2) is 21.6 Å². The summed E-state index contributed by atoms with van der Waals surface area (Å²) in [7, 11) is -7.51. The monoisotopic (exact) mass is 546 g/mol. The van der Waals surface area contributed by atoms with Crippen LogP contribution in [-0.4, -0.2) is 46.2 Å². The lowest BCUT2D eigenvalue weighted by molar-refractivity contribution is 0.0980. The summed E-state index contributed by atoms with van der Waals surface area (Å²) in [5.41, 5.74) is 0.978. The molecule has 1 aliphatic heterocycles. The van der Waals surface area contributed by atoms with Crippen molar-refractivity contribution in [2.45, 2.75) is 80.0 Å². The molecule has 3 aliphatic rings. The molecule has 1 amide bonds. The van der Waals surface area contributed by atoms with E-state index in [0.717, 1.165) is 31.2 Å². The average Bonchev–Trinajstić information content (AvgIpc) is 3.48. The third kappa shape index (κ3) is 4.79. The molecule has 2 spiro atoms. The number of carbonyl (C=O) groups is 1. The number of hydrogen-bond acceptors (Lipinski definition) is 6. The Balaban J connectivity index is 1.54. The predicted molar refractivity (Wildman–Crippen MR) is 141 cm³/mol. The number of rotatable bonds is 4. The fourth-order valence-corrected chi connectivity index (χ4v) is 8.09. The molecule has 0 aromatic heterocycles. The van der Waals surface area contributed by atoms with Crippen LogP contribution in [0.2, 0.25) is 0 Å². The summed E-state index contributed by atoms with van der Waals surface area (Å²) in [6.45, 7) is 5.49. The Morgan fingerprint density at radius 2 is 1.57 bits per heavy atom. The molecular weight excluding hydrogens is 512 g/mol. The second kappa shape index (κ2) is 8.28. The lowest BCUT2D eigenvalue weighted by atomic mass is 9.66. The molecule has 37 heavy (non-hydrogen) atoms. The van der Waals surface area contributed by atoms with Crippen LogP contribution >= 0.6 is 0 Å². The highest BCUT2D eigenvalue weighted by Gasteiger charge is 2.53. The summed E-state index contributed by atoms with van der Waals surface area (Å²) in [5.74, 6) is -0.824. The maximum Gasteiger partial charge on any atom is 0.258 e. The molecule has 200 valence electrons. The summed E-state index contributed by atoms with van der Waals surface area (Å²) in [4.78, 5) is 15.4. The van der Waals surface area contributed by atoms with Gasteiger partial charge in [0.05, 0.1) is 4.90 Å². The number of nitrogens with zero attached hydrogens (tertiary/aromatic N) is 1. The summed E-state index contributed by atoms with van der Waals surface area (Å²) in [5, 5.41) is 10.3. The Morgan fingerprint density at radius 1 is 0.946 bits per heavy atom. The number of carbonyl (C=O) groups excluding carboxylic acids is 1. The van der Waals surface area contributed by atoms with E-state index >= 15 is 0 Å². The normalized spacial score (nSPS) is 20.3. The minimum absolute atomic E-state index is 0.136. The van der Waals surface area contributed by atoms with E-state index in [4.69, 9.17) is 0 Å². The first-order valence-corrected chi connectivity index (χ1v) is 16.0. The van der Waals surface area contributed by atoms with Gasteiger partial charge in [0.15, 0.2) is 9.84 Å². The van der Waals surface area contributed by atoms with Crippen LogP contribution in [0.1, 0.15) is 75.2 Å². The van der Waals surface area contributed by atoms with Crippen LogP contribution in [0.5, 0.6) is 5.75 Å². The number of anilines is 1. The van der Waals surface area contributed by atoms with Gasteiger partial charge in [0, 0.05) is 35.0 Å². The zero-order valence-corrected chi connectivity index (χ0v) is 23.3. The van der Waals surface area contributed by atoms with Crippen molar-refractivity contribution in [1.82, 2.24) is 4.72 Å². The van der Waals surface area contributed by atoms with Crippen LogP contribution in [0.15, 0.2) is 46.2 Å². The summed E-state index contributed by atoms with van der Waals surface area (Å²) < 4.78 is 53.1. The topological polar surface area (TPSA) is 121 Å². The number of aromatic hydroxyl groups is 1. The van der Waals surface area contributed by atoms with Gasteiger partial charge in [0.1, 0.15) is 10.6 Å². The largest absolute Gasteiger partial charge is 0.507 e. The Kier molecular flexibility index (Phi) is 5.86. The predicted octanol–water partition coefficient (Wildman–Crippen LogP) is 4.12. The fourth-order valence-electron chi connectivity index (χ4n) is 5.90. The van der Waals surface area contributed by atoms with Crippen LogP contribution in [0.3, 0.4) is 0 Å². The summed E-state index contributed by atoms with van der Waals surface area (Å²) in [6, 6.07) is 8.80. The van der Waals surface area contributed by atoms with Gasteiger partial charge in [0.25, 0.3) is 5.91 Å². The van der Waals surface area contributed by atoms with Crippen molar-refractivity contribution in [2.75, 3.05) is 17.7 Å². The van der Waals surface area contributed by atoms with Crippen molar-refractivity contribution in [3.8, 4) is 5.75 Å². The molecule has 0 unspecified atom stereocenters. The molecule has 5 rings (SSSR count). The second-order valence-electron chi connectivity index (χ2n) is 12.2. The van der Waals surface area contributed by atoms with E-state index in [-0.39, 0.29) is 26.7 Å². The van der Waals surface area contributed by atoms with Gasteiger partial charge in [-0.1, -0.05) is 0 Å². The van der Waals surface area contributed by atoms with E-state index in [1.807, 2.05) is 0 Å². The Bertz CT molecular complexity index is 1490. The first-order valence-electron chi connectivity index (χ1n) is 12.6. The van der Waals surface area contributed by atoms with Crippen molar-refractivity contribution < 1.29 is 26.7 Å². The number of amides is 1. The number of nitrogens with one attached hydrogen (secondary N) is 1. The SMILES string of the molecule is CC(C)(C)NS(=O)(=O)c1cc(C(=O)N2CC3(CCC4(CC4)CC3)c3cc(S(C)(=O)=O)ccc32)ccc1O. The number of sulfone groups is 1. The van der Waals surface area contributed by atoms with Crippen LogP contribution in [-0.2, 0) is 25.3 Å². The molecule has 2 aromatic rings. The molecule has 8 nitrogen and oxygen atoms in total. The van der Waals surface area contributed by atoms with E-state index in [1.54, 1.807) is 37.8 Å². The fraction of sp³-hybridized carbons (Fsp3) is 0.519. The van der Waals surface area contributed by atoms with Crippen molar-refractivity contribution in [2.24, 2.45) is 5.41 Å². The zero-order valence-electron chi connectivity index (χ0n) is 21.7. The van der Waals surface area contributed by atoms with E-state index in [9.17, 15) is 26.7 Å². The summed E-state index contributed by atoms with van der Waals surface area (Å²) in [6.07, 6.45) is 7.51. The number of phenolic OH excluding ortho intramolecular Hbond substituents is 1. The molecule has 0 saturated heterocycles. The maximum atomic E-state index is 13.8. The van der Waals surface area contributed by atoms with E-state index in [2.05, 4.69) is 4.72 Å². The van der Waals surface area contributed by atoms with E-state index < -0.39 is 31.1 Å². The third-order valence-electron chi connectivity index (χ3n) is 8.13. The van der Waals surface area contributed by atoms with E-state index in [0.29, 0.717) is 17.6 Å². The molecule has 2 saturated carbocycles. The third-order valence-corrected chi connectivity index (χ3v) is 11.0. The minimum Gasteiger partial charge on any atom is -0.507 e. The number of fused-ring (bicyclic) bond motifs is 2. The number of sulfonamides is 1. The van der Waals surface area contributed by atoms with Crippen LogP contribution in [0.25, 0.3) is 0 Å². The van der Waals surface area contributed by atoms with Gasteiger partial charge in [-0.15, -0.1) is 0 Å². The van der Waals surface area contributed by atoms with Crippen molar-refractivity contribution in [1.29, 1.82) is 0 Å². The number of benzene rings is 2. The zero-order chi connectivity index (χ0) is 27.0. The van der Waals surface area contributed by atoms with Crippen molar-refractivity contribution >= 4 is 31.5 Å². The first kappa shape index (κ1) is 26.2. The molecular formula is C27H34N2O6S2. The van der Waals surface area contributed by atoms with Gasteiger partial charge >= 0.3 is 0 Å². The van der Waals surface area contributed by atoms with Crippen molar-refractivity contribution in [3.05, 3.63) is 47.5 Å². The Morgan fingerprint density at radius 3 is 2.14 bits per heavy atom. The smallest absolute Gasteiger partial charge is 0.258 e. The van der Waals surface area contributed by atoms with Gasteiger partial charge in [-0.2, -0.15) is 0 Å². The highest BCUT2D eigenvalue weighted by Crippen LogP contribution is 2.62. The molecule has 2 aromatic carbocycles. The molecule has 2 aliphatic carbocycles. The van der Waals surface area contributed by atoms with Gasteiger partial charge in [0.2, 0.25) is 10.0 Å². The standard InChI is InChI=1S/C27H34N2O6S2/c1-25(2,3)28-37(34,35)23-15-18(5-8-22(23)30)24(31)29-17-27(13-11-26(9-10-26)12-14-27)20-16-19(36(4,32)33)6-7-21(20)29/h5-8,15-16,28,30H,9-14,17H2,1-4H3. The highest BCUT2D eigenvalue weighted by molar-refractivity contribution is 7.90. The lowest BCUT2D eigenvalue weighted by Gasteiger charge is -2.38. The average molecular weight is 547 g/mol. The van der Waals surface area contributed by atoms with Gasteiger partial charge in [-0.3, -0.25) is 4.79 Å². The van der Waals surface area contributed by atoms with Crippen LogP contribution in [0.4, 0.5) is 5.69 Å². The lowest BCUT2D eigenvalue weighted by Crippen LogP contribution is -2.41. The van der Waals surface area contributed by atoms with Gasteiger partial charge in [-0.05, 0) is 107 Å².